The molecule has 0 spiro atoms. The lowest BCUT2D eigenvalue weighted by Crippen LogP contribution is -2.36. The lowest BCUT2D eigenvalue weighted by atomic mass is 10.1. The molecule has 1 fully saturated rings. The third kappa shape index (κ3) is 4.63. The monoisotopic (exact) mass is 265 g/mol. The van der Waals surface area contributed by atoms with Crippen molar-refractivity contribution in [2.45, 2.75) is 57.5 Å². The maximum atomic E-state index is 11.9. The zero-order chi connectivity index (χ0) is 13.5. The van der Waals surface area contributed by atoms with Gasteiger partial charge in [0.25, 0.3) is 0 Å². The molecule has 1 aliphatic rings. The number of hydrogen-bond donors (Lipinski definition) is 2. The molecule has 0 bridgehead atoms. The number of rotatable bonds is 5. The fraction of sp³-hybridized carbons (Fsp3) is 0.769. The molecule has 0 radical (unpaired) electrons. The van der Waals surface area contributed by atoms with Gasteiger partial charge in [0.15, 0.2) is 0 Å². The SMILES string of the molecule is NCCc1cn(CC(=O)NC2CCCCCC2)nn1. The summed E-state index contributed by atoms with van der Waals surface area (Å²) in [6, 6.07) is 0.335. The smallest absolute Gasteiger partial charge is 0.242 e. The first-order valence-electron chi connectivity index (χ1n) is 7.16. The molecular formula is C13H23N5O. The van der Waals surface area contributed by atoms with Crippen molar-refractivity contribution in [2.24, 2.45) is 5.73 Å². The summed E-state index contributed by atoms with van der Waals surface area (Å²) >= 11 is 0. The Balaban J connectivity index is 1.79. The average molecular weight is 265 g/mol. The van der Waals surface area contributed by atoms with Crippen LogP contribution in [0.3, 0.4) is 0 Å². The van der Waals surface area contributed by atoms with E-state index in [1.165, 1.54) is 25.7 Å². The van der Waals surface area contributed by atoms with Crippen LogP contribution < -0.4 is 11.1 Å². The maximum absolute atomic E-state index is 11.9. The van der Waals surface area contributed by atoms with Crippen LogP contribution in [0, 0.1) is 0 Å². The second-order valence-corrected chi connectivity index (χ2v) is 5.20. The molecule has 19 heavy (non-hydrogen) atoms. The topological polar surface area (TPSA) is 85.8 Å². The highest BCUT2D eigenvalue weighted by Gasteiger charge is 2.15. The van der Waals surface area contributed by atoms with Gasteiger partial charge in [0, 0.05) is 18.7 Å². The van der Waals surface area contributed by atoms with Crippen LogP contribution in [0.25, 0.3) is 0 Å². The summed E-state index contributed by atoms with van der Waals surface area (Å²) in [5, 5.41) is 11.0. The largest absolute Gasteiger partial charge is 0.352 e. The molecule has 0 saturated heterocycles. The van der Waals surface area contributed by atoms with Gasteiger partial charge in [-0.1, -0.05) is 30.9 Å². The van der Waals surface area contributed by atoms with Crippen molar-refractivity contribution in [3.63, 3.8) is 0 Å². The molecule has 0 atom stereocenters. The van der Waals surface area contributed by atoms with Gasteiger partial charge in [-0.3, -0.25) is 4.79 Å². The molecule has 1 aromatic rings. The highest BCUT2D eigenvalue weighted by atomic mass is 16.2. The number of carbonyl (C=O) groups excluding carboxylic acids is 1. The van der Waals surface area contributed by atoms with Gasteiger partial charge in [-0.2, -0.15) is 0 Å². The molecule has 1 heterocycles. The van der Waals surface area contributed by atoms with Gasteiger partial charge in [0.1, 0.15) is 6.54 Å². The summed E-state index contributed by atoms with van der Waals surface area (Å²) < 4.78 is 1.58. The van der Waals surface area contributed by atoms with Gasteiger partial charge in [0.05, 0.1) is 5.69 Å². The first kappa shape index (κ1) is 14.0. The van der Waals surface area contributed by atoms with E-state index in [2.05, 4.69) is 15.6 Å². The van der Waals surface area contributed by atoms with E-state index >= 15 is 0 Å². The highest BCUT2D eigenvalue weighted by Crippen LogP contribution is 2.17. The van der Waals surface area contributed by atoms with E-state index < -0.39 is 0 Å². The van der Waals surface area contributed by atoms with Gasteiger partial charge >= 0.3 is 0 Å². The summed E-state index contributed by atoms with van der Waals surface area (Å²) in [4.78, 5) is 11.9. The Hall–Kier alpha value is -1.43. The van der Waals surface area contributed by atoms with Crippen LogP contribution in [0.1, 0.15) is 44.2 Å². The van der Waals surface area contributed by atoms with E-state index in [0.29, 0.717) is 19.0 Å². The quantitative estimate of drug-likeness (QED) is 0.764. The Kier molecular flexibility index (Phi) is 5.32. The summed E-state index contributed by atoms with van der Waals surface area (Å²) in [5.74, 6) is 0.0242. The average Bonchev–Trinajstić information content (AvgIpc) is 2.65. The molecule has 1 aliphatic carbocycles. The molecule has 0 unspecified atom stereocenters. The first-order valence-corrected chi connectivity index (χ1v) is 7.16. The van der Waals surface area contributed by atoms with Crippen LogP contribution in [-0.4, -0.2) is 33.5 Å². The van der Waals surface area contributed by atoms with E-state index in [9.17, 15) is 4.79 Å². The minimum Gasteiger partial charge on any atom is -0.352 e. The molecule has 3 N–H and O–H groups in total. The van der Waals surface area contributed by atoms with E-state index in [1.54, 1.807) is 10.9 Å². The van der Waals surface area contributed by atoms with Crippen LogP contribution >= 0.6 is 0 Å². The van der Waals surface area contributed by atoms with Crippen molar-refractivity contribution >= 4 is 5.91 Å². The number of amides is 1. The predicted octanol–water partition coefficient (Wildman–Crippen LogP) is 0.618. The van der Waals surface area contributed by atoms with E-state index in [0.717, 1.165) is 18.5 Å². The van der Waals surface area contributed by atoms with Gasteiger partial charge < -0.3 is 11.1 Å². The molecule has 0 aromatic carbocycles. The summed E-state index contributed by atoms with van der Waals surface area (Å²) in [5.41, 5.74) is 6.29. The van der Waals surface area contributed by atoms with Gasteiger partial charge in [-0.05, 0) is 19.4 Å². The minimum absolute atomic E-state index is 0.0242. The Morgan fingerprint density at radius 3 is 2.79 bits per heavy atom. The fourth-order valence-electron chi connectivity index (χ4n) is 2.52. The van der Waals surface area contributed by atoms with E-state index in [4.69, 9.17) is 5.73 Å². The highest BCUT2D eigenvalue weighted by molar-refractivity contribution is 5.75. The molecule has 1 amide bonds. The third-order valence-corrected chi connectivity index (χ3v) is 3.51. The van der Waals surface area contributed by atoms with Gasteiger partial charge in [-0.15, -0.1) is 5.10 Å². The van der Waals surface area contributed by atoms with Crippen LogP contribution in [0.4, 0.5) is 0 Å². The second kappa shape index (κ2) is 7.23. The first-order chi connectivity index (χ1) is 9.28. The van der Waals surface area contributed by atoms with Crippen LogP contribution in [0.5, 0.6) is 0 Å². The Labute approximate surface area is 113 Å². The summed E-state index contributed by atoms with van der Waals surface area (Å²) in [7, 11) is 0. The standard InChI is InChI=1S/C13H23N5O/c14-8-7-12-9-18(17-16-12)10-13(19)15-11-5-3-1-2-4-6-11/h9,11H,1-8,10,14H2,(H,15,19). The van der Waals surface area contributed by atoms with Crippen LogP contribution in [0.15, 0.2) is 6.20 Å². The van der Waals surface area contributed by atoms with Crippen molar-refractivity contribution in [3.05, 3.63) is 11.9 Å². The van der Waals surface area contributed by atoms with Crippen molar-refractivity contribution in [1.82, 2.24) is 20.3 Å². The number of nitrogens with one attached hydrogen (secondary N) is 1. The predicted molar refractivity (Wildman–Crippen MR) is 72.4 cm³/mol. The van der Waals surface area contributed by atoms with Crippen molar-refractivity contribution in [1.29, 1.82) is 0 Å². The zero-order valence-corrected chi connectivity index (χ0v) is 11.3. The van der Waals surface area contributed by atoms with Crippen molar-refractivity contribution < 1.29 is 4.79 Å². The van der Waals surface area contributed by atoms with E-state index in [1.807, 2.05) is 0 Å². The van der Waals surface area contributed by atoms with Gasteiger partial charge in [-0.25, -0.2) is 4.68 Å². The molecule has 1 saturated carbocycles. The number of aromatic nitrogens is 3. The molecule has 6 nitrogen and oxygen atoms in total. The normalized spacial score (nSPS) is 17.1. The molecule has 0 aliphatic heterocycles. The number of carbonyl (C=O) groups is 1. The number of hydrogen-bond acceptors (Lipinski definition) is 4. The Morgan fingerprint density at radius 1 is 1.37 bits per heavy atom. The minimum atomic E-state index is 0.0242. The molecule has 6 heteroatoms. The number of nitrogens with zero attached hydrogens (tertiary/aromatic N) is 3. The van der Waals surface area contributed by atoms with Crippen molar-refractivity contribution in [3.8, 4) is 0 Å². The Bertz CT molecular complexity index is 395. The van der Waals surface area contributed by atoms with Gasteiger partial charge in [0.2, 0.25) is 5.91 Å². The lowest BCUT2D eigenvalue weighted by molar-refractivity contribution is -0.122. The lowest BCUT2D eigenvalue weighted by Gasteiger charge is -2.15. The molecule has 106 valence electrons. The fourth-order valence-corrected chi connectivity index (χ4v) is 2.52. The second-order valence-electron chi connectivity index (χ2n) is 5.20. The zero-order valence-electron chi connectivity index (χ0n) is 11.3. The van der Waals surface area contributed by atoms with Crippen LogP contribution in [0.2, 0.25) is 0 Å². The molecule has 1 aromatic heterocycles. The van der Waals surface area contributed by atoms with Crippen molar-refractivity contribution in [2.75, 3.05) is 6.54 Å². The molecule has 2 rings (SSSR count). The molecular weight excluding hydrogens is 242 g/mol. The van der Waals surface area contributed by atoms with E-state index in [-0.39, 0.29) is 12.5 Å². The third-order valence-electron chi connectivity index (χ3n) is 3.51. The Morgan fingerprint density at radius 2 is 2.11 bits per heavy atom. The summed E-state index contributed by atoms with van der Waals surface area (Å²) in [6.45, 7) is 0.793. The maximum Gasteiger partial charge on any atom is 0.242 e. The number of nitrogens with two attached hydrogens (primary N) is 1. The summed E-state index contributed by atoms with van der Waals surface area (Å²) in [6.07, 6.45) is 9.70. The van der Waals surface area contributed by atoms with Crippen LogP contribution in [-0.2, 0) is 17.8 Å².